The zero-order valence-corrected chi connectivity index (χ0v) is 55.1. The van der Waals surface area contributed by atoms with E-state index in [9.17, 15) is 33.6 Å². The number of anilines is 4. The van der Waals surface area contributed by atoms with Crippen LogP contribution in [0.5, 0.6) is 11.5 Å². The van der Waals surface area contributed by atoms with Crippen molar-refractivity contribution in [1.82, 2.24) is 14.4 Å². The van der Waals surface area contributed by atoms with Crippen LogP contribution in [0, 0.1) is 13.8 Å². The number of hydrogen-bond acceptors (Lipinski definition) is 17. The zero-order valence-electron chi connectivity index (χ0n) is 55.1. The summed E-state index contributed by atoms with van der Waals surface area (Å²) < 4.78 is 49.7. The van der Waals surface area contributed by atoms with Gasteiger partial charge in [0.05, 0.1) is 53.5 Å². The Hall–Kier alpha value is -9.13. The van der Waals surface area contributed by atoms with Gasteiger partial charge in [-0.1, -0.05) is 43.0 Å². The van der Waals surface area contributed by atoms with Crippen molar-refractivity contribution < 1.29 is 86.2 Å². The van der Waals surface area contributed by atoms with Gasteiger partial charge in [-0.25, -0.2) is 19.4 Å². The minimum absolute atomic E-state index is 0.00402. The Labute approximate surface area is 558 Å². The molecule has 514 valence electrons. The molecule has 0 spiro atoms. The number of allylic oxidation sites excluding steroid dienone is 1. The molecule has 4 unspecified atom stereocenters. The second-order valence-electron chi connectivity index (χ2n) is 24.7. The number of nitrogens with one attached hydrogen (secondary N) is 2. The van der Waals surface area contributed by atoms with E-state index in [0.717, 1.165) is 63.4 Å². The van der Waals surface area contributed by atoms with Crippen LogP contribution in [0.3, 0.4) is 0 Å². The molecule has 6 aliphatic heterocycles. The molecule has 6 atom stereocenters. The van der Waals surface area contributed by atoms with Gasteiger partial charge in [-0.3, -0.25) is 24.0 Å². The number of carboxylic acids is 1. The molecule has 0 radical (unpaired) electrons. The number of fused-ring (bicyclic) bond motifs is 5. The van der Waals surface area contributed by atoms with Crippen molar-refractivity contribution in [2.75, 3.05) is 73.2 Å². The highest BCUT2D eigenvalue weighted by Gasteiger charge is 2.49. The molecular weight excluding hydrogens is 1240 g/mol. The first-order valence-electron chi connectivity index (χ1n) is 33.0. The molecule has 11 rings (SSSR count). The number of nitrogens with zero attached hydrogens (tertiary/aromatic N) is 5. The van der Waals surface area contributed by atoms with Crippen LogP contribution in [0.1, 0.15) is 163 Å². The summed E-state index contributed by atoms with van der Waals surface area (Å²) in [6.45, 7) is 15.7. The quantitative estimate of drug-likeness (QED) is 0.0516. The average Bonchev–Trinajstić information content (AvgIpc) is 1.25. The predicted octanol–water partition coefficient (Wildman–Crippen LogP) is 11.0. The van der Waals surface area contributed by atoms with Gasteiger partial charge in [0.15, 0.2) is 25.0 Å². The molecule has 4 fully saturated rings. The Balaban J connectivity index is 0.000000234. The lowest BCUT2D eigenvalue weighted by Gasteiger charge is -2.42. The third-order valence-corrected chi connectivity index (χ3v) is 17.6. The SMILES string of the molecule is C=CCOC(=O)N1c2cc(OCCCC(=O)Nc3cc(C(=O)Nc4ccc5c(c4)C=C(C)C5)n(C)c3)c(C)cc2C(=O)N2CCCC[C@H]2C1OC1CCCCO1.C=CCOC(=O)N1c2cc(OCCCC(=O)O)c(C)cc2C(=O)N2CCCC[C@H]2C1OC1CCCCO1.O=C=O. The van der Waals surface area contributed by atoms with E-state index in [4.69, 9.17) is 52.6 Å². The second-order valence-corrected chi connectivity index (χ2v) is 24.7. The number of carbonyl (C=O) groups is 7. The Morgan fingerprint density at radius 1 is 0.656 bits per heavy atom. The van der Waals surface area contributed by atoms with Crippen LogP contribution >= 0.6 is 0 Å². The van der Waals surface area contributed by atoms with Crippen LogP contribution in [-0.2, 0) is 61.1 Å². The lowest BCUT2D eigenvalue weighted by Crippen LogP contribution is -2.57. The van der Waals surface area contributed by atoms with E-state index >= 15 is 0 Å². The van der Waals surface area contributed by atoms with Crippen molar-refractivity contribution in [2.45, 2.75) is 167 Å². The highest BCUT2D eigenvalue weighted by Crippen LogP contribution is 2.43. The number of benzene rings is 3. The monoisotopic (exact) mass is 1330 g/mol. The minimum atomic E-state index is -0.898. The van der Waals surface area contributed by atoms with Crippen LogP contribution in [0.2, 0.25) is 0 Å². The Bertz CT molecular complexity index is 3570. The van der Waals surface area contributed by atoms with Gasteiger partial charge in [-0.15, -0.1) is 0 Å². The van der Waals surface area contributed by atoms with Gasteiger partial charge in [0.25, 0.3) is 17.7 Å². The van der Waals surface area contributed by atoms with Crippen LogP contribution in [0.15, 0.2) is 85.6 Å². The highest BCUT2D eigenvalue weighted by molar-refractivity contribution is 6.07. The summed E-state index contributed by atoms with van der Waals surface area (Å²) >= 11 is 0. The fourth-order valence-electron chi connectivity index (χ4n) is 13.1. The molecule has 0 bridgehead atoms. The van der Waals surface area contributed by atoms with E-state index in [-0.39, 0.29) is 75.1 Å². The van der Waals surface area contributed by atoms with E-state index < -0.39 is 49.2 Å². The number of piperidine rings is 2. The van der Waals surface area contributed by atoms with E-state index in [1.54, 1.807) is 48.1 Å². The topological polar surface area (TPSA) is 290 Å². The fourth-order valence-corrected chi connectivity index (χ4v) is 13.1. The maximum atomic E-state index is 14.2. The third kappa shape index (κ3) is 17.7. The van der Waals surface area contributed by atoms with Crippen LogP contribution in [0.25, 0.3) is 6.08 Å². The average molecular weight is 1330 g/mol. The molecule has 1 aromatic heterocycles. The van der Waals surface area contributed by atoms with Gasteiger partial charge in [-0.05, 0) is 170 Å². The number of carboxylic acid groups (broad SMARTS) is 1. The maximum absolute atomic E-state index is 14.2. The molecule has 96 heavy (non-hydrogen) atoms. The number of amides is 6. The van der Waals surface area contributed by atoms with Crippen LogP contribution < -0.4 is 29.9 Å². The molecule has 3 N–H and O–H groups in total. The molecule has 25 nitrogen and oxygen atoms in total. The smallest absolute Gasteiger partial charge is 0.416 e. The lowest BCUT2D eigenvalue weighted by atomic mass is 10.00. The molecule has 1 aliphatic carbocycles. The zero-order chi connectivity index (χ0) is 68.4. The minimum Gasteiger partial charge on any atom is -0.493 e. The predicted molar refractivity (Wildman–Crippen MR) is 353 cm³/mol. The van der Waals surface area contributed by atoms with E-state index in [2.05, 4.69) is 36.8 Å². The molecule has 3 aromatic carbocycles. The number of carbonyl (C=O) groups excluding carboxylic acids is 8. The maximum Gasteiger partial charge on any atom is 0.416 e. The van der Waals surface area contributed by atoms with Crippen molar-refractivity contribution in [3.63, 3.8) is 0 Å². The second kappa shape index (κ2) is 34.0. The molecule has 7 heterocycles. The Morgan fingerprint density at radius 2 is 1.17 bits per heavy atom. The van der Waals surface area contributed by atoms with Gasteiger partial charge >= 0.3 is 24.3 Å². The number of rotatable bonds is 21. The van der Waals surface area contributed by atoms with Gasteiger partial charge in [0.2, 0.25) is 5.91 Å². The first-order valence-corrected chi connectivity index (χ1v) is 33.0. The fraction of sp³-hybridized carbons (Fsp3) is 0.493. The third-order valence-electron chi connectivity index (χ3n) is 17.6. The first-order chi connectivity index (χ1) is 46.4. The number of aromatic nitrogens is 1. The number of aliphatic carboxylic acids is 1. The van der Waals surface area contributed by atoms with Crippen molar-refractivity contribution in [1.29, 1.82) is 0 Å². The summed E-state index contributed by atoms with van der Waals surface area (Å²) in [6.07, 6.45) is 14.9. The molecule has 0 saturated carbocycles. The van der Waals surface area contributed by atoms with Crippen LogP contribution in [0.4, 0.5) is 32.3 Å². The number of ether oxygens (including phenoxy) is 8. The summed E-state index contributed by atoms with van der Waals surface area (Å²) in [5.74, 6) is -0.811. The van der Waals surface area contributed by atoms with Gasteiger partial charge in [0.1, 0.15) is 30.4 Å². The molecule has 6 amide bonds. The van der Waals surface area contributed by atoms with Crippen molar-refractivity contribution in [2.24, 2.45) is 7.05 Å². The van der Waals surface area contributed by atoms with Crippen molar-refractivity contribution >= 4 is 76.8 Å². The lowest BCUT2D eigenvalue weighted by molar-refractivity contribution is -0.199. The summed E-state index contributed by atoms with van der Waals surface area (Å²) in [6, 6.07) is 13.6. The summed E-state index contributed by atoms with van der Waals surface area (Å²) in [4.78, 5) is 115. The van der Waals surface area contributed by atoms with Gasteiger partial charge in [0, 0.05) is 70.2 Å². The van der Waals surface area contributed by atoms with E-state index in [1.165, 1.54) is 33.1 Å². The number of aryl methyl sites for hydroxylation is 3. The van der Waals surface area contributed by atoms with E-state index in [0.29, 0.717) is 127 Å². The van der Waals surface area contributed by atoms with Crippen LogP contribution in [-0.4, -0.2) is 157 Å². The van der Waals surface area contributed by atoms with Gasteiger partial charge < -0.3 is 68.0 Å². The summed E-state index contributed by atoms with van der Waals surface area (Å²) in [7, 11) is 1.76. The molecule has 4 saturated heterocycles. The molecule has 25 heteroatoms. The largest absolute Gasteiger partial charge is 0.493 e. The number of hydrogen-bond donors (Lipinski definition) is 3. The first kappa shape index (κ1) is 71.2. The van der Waals surface area contributed by atoms with Gasteiger partial charge in [-0.2, -0.15) is 9.59 Å². The molecule has 7 aliphatic rings. The standard InChI is InChI=1S/C43H51N5O8.C27H36N2O8.CO2/c1-5-17-55-43(52)48-35-25-37(28(3)22-33(35)41(51)47-16-8-6-11-34(47)42(48)56-39-13-7-9-18-54-39)53-19-10-12-38(49)44-32-24-36(46(4)26-32)40(50)45-31-15-14-29-20-27(2)21-30(29)23-31;1-3-13-36-27(33)29-21-17-22(34-15-8-10-23(30)31)18(2)16-19(21)25(32)28-12-6-4-9-20(28)26(29)37-24-11-5-7-14-35-24;2-1-3/h5,14-15,21-26,34,39,42H,1,6-13,16-20H2,2-4H3,(H,44,49)(H,45,50);3,16-17,20,24,26H,1,4-15H2,2H3,(H,30,31);/t34-,39?,42?;20-,24?,26?;/m00./s1. The normalized spacial score (nSPS) is 20.9. The Kier molecular flexibility index (Phi) is 25.2. The summed E-state index contributed by atoms with van der Waals surface area (Å²) in [5, 5.41) is 14.8. The molecule has 4 aromatic rings. The Morgan fingerprint density at radius 3 is 1.66 bits per heavy atom. The highest BCUT2D eigenvalue weighted by atomic mass is 16.7. The summed E-state index contributed by atoms with van der Waals surface area (Å²) in [5.41, 5.74) is 8.11. The molecular formula is C71H87N7O18. The van der Waals surface area contributed by atoms with Crippen molar-refractivity contribution in [3.05, 3.63) is 125 Å². The van der Waals surface area contributed by atoms with E-state index in [1.807, 2.05) is 41.8 Å². The van der Waals surface area contributed by atoms with Crippen molar-refractivity contribution in [3.8, 4) is 11.5 Å².